The van der Waals surface area contributed by atoms with Crippen LogP contribution in [-0.4, -0.2) is 42.3 Å². The van der Waals surface area contributed by atoms with Crippen molar-refractivity contribution in [2.24, 2.45) is 17.8 Å². The van der Waals surface area contributed by atoms with E-state index in [2.05, 4.69) is 31.3 Å². The molecule has 3 atom stereocenters. The number of carbonyl (C=O) groups is 3. The Hall–Kier alpha value is -2.77. The second-order valence-electron chi connectivity index (χ2n) is 8.29. The molecular formula is C22H30N2O6. The molecule has 1 aromatic rings. The number of rotatable bonds is 10. The van der Waals surface area contributed by atoms with E-state index in [0.717, 1.165) is 5.56 Å². The van der Waals surface area contributed by atoms with Gasteiger partial charge in [0.15, 0.2) is 6.61 Å². The number of amides is 1. The lowest BCUT2D eigenvalue weighted by Gasteiger charge is -2.17. The third-order valence-electron chi connectivity index (χ3n) is 5.68. The van der Waals surface area contributed by atoms with Crippen LogP contribution in [0, 0.1) is 27.9 Å². The lowest BCUT2D eigenvalue weighted by molar-refractivity contribution is -0.490. The second-order valence-corrected chi connectivity index (χ2v) is 8.29. The molecule has 0 radical (unpaired) electrons. The molecule has 1 saturated carbocycles. The van der Waals surface area contributed by atoms with E-state index in [-0.39, 0.29) is 31.1 Å². The number of ether oxygens (including phenoxy) is 1. The summed E-state index contributed by atoms with van der Waals surface area (Å²) in [6.07, 6.45) is 0.668. The summed E-state index contributed by atoms with van der Waals surface area (Å²) in [4.78, 5) is 46.4. The predicted octanol–water partition coefficient (Wildman–Crippen LogP) is 2.52. The smallest absolute Gasteiger partial charge is 0.307 e. The Morgan fingerprint density at radius 1 is 1.27 bits per heavy atom. The first-order valence-electron chi connectivity index (χ1n) is 10.3. The topological polar surface area (TPSA) is 116 Å². The molecule has 0 aliphatic heterocycles. The van der Waals surface area contributed by atoms with Gasteiger partial charge in [-0.25, -0.2) is 0 Å². The molecule has 164 valence electrons. The van der Waals surface area contributed by atoms with Gasteiger partial charge in [-0.15, -0.1) is 0 Å². The van der Waals surface area contributed by atoms with Crippen LogP contribution in [0.3, 0.4) is 0 Å². The van der Waals surface area contributed by atoms with E-state index in [0.29, 0.717) is 18.9 Å². The molecule has 1 aliphatic rings. The summed E-state index contributed by atoms with van der Waals surface area (Å²) in [5.41, 5.74) is 2.35. The van der Waals surface area contributed by atoms with Crippen molar-refractivity contribution in [2.75, 3.05) is 19.7 Å². The fourth-order valence-electron chi connectivity index (χ4n) is 3.85. The van der Waals surface area contributed by atoms with Crippen molar-refractivity contribution in [1.82, 2.24) is 5.32 Å². The van der Waals surface area contributed by atoms with Crippen LogP contribution in [0.25, 0.3) is 0 Å². The number of Topliss-reactive ketones (excluding diaryl/α,β-unsaturated/α-hetero) is 1. The van der Waals surface area contributed by atoms with E-state index in [4.69, 9.17) is 4.74 Å². The first-order chi connectivity index (χ1) is 14.2. The van der Waals surface area contributed by atoms with E-state index >= 15 is 0 Å². The SMILES string of the molecule is CC(C)c1ccc(CCNC(=O)COC(=O)C[C@@H]2C(=O)C[C@H](C)[C@H]2C[N+](=O)[O-])cc1. The van der Waals surface area contributed by atoms with E-state index in [1.165, 1.54) is 5.56 Å². The molecule has 0 unspecified atom stereocenters. The van der Waals surface area contributed by atoms with Crippen LogP contribution in [0.2, 0.25) is 0 Å². The van der Waals surface area contributed by atoms with Crippen molar-refractivity contribution in [3.8, 4) is 0 Å². The number of carbonyl (C=O) groups excluding carboxylic acids is 3. The summed E-state index contributed by atoms with van der Waals surface area (Å²) < 4.78 is 4.97. The normalized spacial score (nSPS) is 20.9. The van der Waals surface area contributed by atoms with Gasteiger partial charge in [0.1, 0.15) is 5.78 Å². The van der Waals surface area contributed by atoms with E-state index in [9.17, 15) is 24.5 Å². The van der Waals surface area contributed by atoms with Crippen LogP contribution < -0.4 is 5.32 Å². The van der Waals surface area contributed by atoms with Gasteiger partial charge in [-0.3, -0.25) is 24.5 Å². The van der Waals surface area contributed by atoms with Crippen molar-refractivity contribution in [3.05, 3.63) is 45.5 Å². The molecule has 0 heterocycles. The molecule has 0 aromatic heterocycles. The minimum Gasteiger partial charge on any atom is -0.456 e. The summed E-state index contributed by atoms with van der Waals surface area (Å²) in [6, 6.07) is 8.20. The largest absolute Gasteiger partial charge is 0.456 e. The Kier molecular flexibility index (Phi) is 8.50. The summed E-state index contributed by atoms with van der Waals surface area (Å²) in [7, 11) is 0. The zero-order valence-electron chi connectivity index (χ0n) is 17.8. The van der Waals surface area contributed by atoms with Gasteiger partial charge < -0.3 is 10.1 Å². The van der Waals surface area contributed by atoms with E-state index in [1.54, 1.807) is 6.92 Å². The van der Waals surface area contributed by atoms with Gasteiger partial charge in [-0.05, 0) is 29.4 Å². The van der Waals surface area contributed by atoms with Gasteiger partial charge in [0.25, 0.3) is 5.91 Å². The standard InChI is InChI=1S/C22H30N2O6/c1-14(2)17-6-4-16(5-7-17)8-9-23-21(26)13-30-22(27)11-18-19(12-24(28)29)15(3)10-20(18)25/h4-7,14-15,18-19H,8-13H2,1-3H3,(H,23,26)/t15-,18-,19+/m0/s1. The zero-order chi connectivity index (χ0) is 22.3. The fourth-order valence-corrected chi connectivity index (χ4v) is 3.85. The Labute approximate surface area is 176 Å². The first kappa shape index (κ1) is 23.5. The van der Waals surface area contributed by atoms with Gasteiger partial charge in [-0.2, -0.15) is 0 Å². The molecule has 0 bridgehead atoms. The first-order valence-corrected chi connectivity index (χ1v) is 10.3. The molecule has 30 heavy (non-hydrogen) atoms. The van der Waals surface area contributed by atoms with Crippen LogP contribution in [0.5, 0.6) is 0 Å². The number of nitro groups is 1. The number of hydrogen-bond acceptors (Lipinski definition) is 6. The van der Waals surface area contributed by atoms with Crippen LogP contribution in [-0.2, 0) is 25.5 Å². The van der Waals surface area contributed by atoms with Crippen molar-refractivity contribution in [1.29, 1.82) is 0 Å². The second kappa shape index (κ2) is 10.8. The Morgan fingerprint density at radius 2 is 1.93 bits per heavy atom. The van der Waals surface area contributed by atoms with Gasteiger partial charge in [0, 0.05) is 29.7 Å². The zero-order valence-corrected chi connectivity index (χ0v) is 17.8. The van der Waals surface area contributed by atoms with E-state index < -0.39 is 35.2 Å². The quantitative estimate of drug-likeness (QED) is 0.355. The van der Waals surface area contributed by atoms with Gasteiger partial charge in [0.05, 0.1) is 6.42 Å². The Morgan fingerprint density at radius 3 is 2.53 bits per heavy atom. The minimum absolute atomic E-state index is 0.140. The van der Waals surface area contributed by atoms with Crippen LogP contribution in [0.1, 0.15) is 50.7 Å². The number of esters is 1. The number of nitrogens with zero attached hydrogens (tertiary/aromatic N) is 1. The molecule has 8 nitrogen and oxygen atoms in total. The maximum Gasteiger partial charge on any atom is 0.307 e. The third-order valence-corrected chi connectivity index (χ3v) is 5.68. The average Bonchev–Trinajstić information content (AvgIpc) is 2.93. The predicted molar refractivity (Wildman–Crippen MR) is 110 cm³/mol. The number of benzene rings is 1. The highest BCUT2D eigenvalue weighted by Crippen LogP contribution is 2.36. The molecule has 1 aliphatic carbocycles. The number of ketones is 1. The molecule has 0 saturated heterocycles. The molecule has 2 rings (SSSR count). The maximum absolute atomic E-state index is 12.1. The van der Waals surface area contributed by atoms with Crippen LogP contribution >= 0.6 is 0 Å². The van der Waals surface area contributed by atoms with Crippen molar-refractivity contribution < 1.29 is 24.0 Å². The van der Waals surface area contributed by atoms with Crippen LogP contribution in [0.15, 0.2) is 24.3 Å². The lowest BCUT2D eigenvalue weighted by Crippen LogP contribution is -2.32. The average molecular weight is 418 g/mol. The van der Waals surface area contributed by atoms with Crippen molar-refractivity contribution in [3.63, 3.8) is 0 Å². The summed E-state index contributed by atoms with van der Waals surface area (Å²) >= 11 is 0. The molecular weight excluding hydrogens is 388 g/mol. The highest BCUT2D eigenvalue weighted by atomic mass is 16.6. The monoisotopic (exact) mass is 418 g/mol. The van der Waals surface area contributed by atoms with Gasteiger partial charge >= 0.3 is 5.97 Å². The summed E-state index contributed by atoms with van der Waals surface area (Å²) in [5, 5.41) is 13.5. The van der Waals surface area contributed by atoms with Gasteiger partial charge in [0.2, 0.25) is 6.54 Å². The van der Waals surface area contributed by atoms with Crippen molar-refractivity contribution in [2.45, 2.75) is 46.0 Å². The highest BCUT2D eigenvalue weighted by molar-refractivity contribution is 5.88. The molecule has 8 heteroatoms. The molecule has 0 spiro atoms. The molecule has 1 fully saturated rings. The number of nitrogens with one attached hydrogen (secondary N) is 1. The third kappa shape index (κ3) is 6.93. The molecule has 1 aromatic carbocycles. The highest BCUT2D eigenvalue weighted by Gasteiger charge is 2.44. The van der Waals surface area contributed by atoms with Crippen LogP contribution in [0.4, 0.5) is 0 Å². The van der Waals surface area contributed by atoms with E-state index in [1.807, 2.05) is 12.1 Å². The number of hydrogen-bond donors (Lipinski definition) is 1. The molecule has 1 amide bonds. The lowest BCUT2D eigenvalue weighted by atomic mass is 9.88. The fraction of sp³-hybridized carbons (Fsp3) is 0.591. The van der Waals surface area contributed by atoms with Gasteiger partial charge in [-0.1, -0.05) is 45.0 Å². The maximum atomic E-state index is 12.1. The van der Waals surface area contributed by atoms with Crippen molar-refractivity contribution >= 4 is 17.7 Å². The minimum atomic E-state index is -0.713. The molecule has 1 N–H and O–H groups in total. The summed E-state index contributed by atoms with van der Waals surface area (Å²) in [5.74, 6) is -2.13. The summed E-state index contributed by atoms with van der Waals surface area (Å²) in [6.45, 7) is 5.68. The Balaban J connectivity index is 1.71. The Bertz CT molecular complexity index is 774.